The van der Waals surface area contributed by atoms with Gasteiger partial charge in [-0.3, -0.25) is 0 Å². The summed E-state index contributed by atoms with van der Waals surface area (Å²) in [6.07, 6.45) is 0. The Morgan fingerprint density at radius 3 is 2.24 bits per heavy atom. The summed E-state index contributed by atoms with van der Waals surface area (Å²) in [4.78, 5) is 0. The highest BCUT2D eigenvalue weighted by atomic mass is 19.3. The second-order valence-corrected chi connectivity index (χ2v) is 3.71. The molecule has 0 spiro atoms. The third-order valence-corrected chi connectivity index (χ3v) is 2.52. The van der Waals surface area contributed by atoms with E-state index >= 15 is 0 Å². The van der Waals surface area contributed by atoms with Crippen LogP contribution in [0.1, 0.15) is 5.56 Å². The van der Waals surface area contributed by atoms with Crippen LogP contribution < -0.4 is 0 Å². The van der Waals surface area contributed by atoms with E-state index in [9.17, 15) is 13.2 Å². The first-order chi connectivity index (χ1) is 8.13. The van der Waals surface area contributed by atoms with E-state index in [2.05, 4.69) is 6.07 Å². The molecule has 2 rings (SSSR count). The van der Waals surface area contributed by atoms with Crippen molar-refractivity contribution in [1.29, 1.82) is 0 Å². The van der Waals surface area contributed by atoms with Gasteiger partial charge in [0, 0.05) is 5.56 Å². The maximum atomic E-state index is 13.0. The number of rotatable bonds is 3. The van der Waals surface area contributed by atoms with Crippen molar-refractivity contribution in [2.24, 2.45) is 0 Å². The first-order valence-corrected chi connectivity index (χ1v) is 5.14. The molecule has 0 saturated carbocycles. The lowest BCUT2D eigenvalue weighted by molar-refractivity contribution is -0.0280. The fourth-order valence-corrected chi connectivity index (χ4v) is 1.56. The average Bonchev–Trinajstić information content (AvgIpc) is 2.40. The van der Waals surface area contributed by atoms with Crippen LogP contribution in [0.3, 0.4) is 0 Å². The van der Waals surface area contributed by atoms with Gasteiger partial charge in [0.25, 0.3) is 0 Å². The summed E-state index contributed by atoms with van der Waals surface area (Å²) < 4.78 is 38.2. The van der Waals surface area contributed by atoms with E-state index in [4.69, 9.17) is 0 Å². The normalized spacial score (nSPS) is 11.5. The minimum Gasteiger partial charge on any atom is -0.244 e. The second kappa shape index (κ2) is 4.62. The van der Waals surface area contributed by atoms with Gasteiger partial charge in [0.2, 0.25) is 0 Å². The van der Waals surface area contributed by atoms with E-state index in [1.54, 1.807) is 24.3 Å². The Morgan fingerprint density at radius 2 is 1.71 bits per heavy atom. The molecule has 0 unspecified atom stereocenters. The van der Waals surface area contributed by atoms with Crippen molar-refractivity contribution in [3.8, 4) is 11.1 Å². The van der Waals surface area contributed by atoms with Crippen LogP contribution in [0.5, 0.6) is 0 Å². The van der Waals surface area contributed by atoms with Crippen molar-refractivity contribution >= 4 is 0 Å². The van der Waals surface area contributed by atoms with Gasteiger partial charge in [-0.2, -0.15) is 8.78 Å². The number of benzene rings is 2. The van der Waals surface area contributed by atoms with E-state index < -0.39 is 12.6 Å². The predicted octanol–water partition coefficient (Wildman–Crippen LogP) is 4.22. The lowest BCUT2D eigenvalue weighted by Gasteiger charge is -2.12. The van der Waals surface area contributed by atoms with Crippen LogP contribution in [0.4, 0.5) is 13.2 Å². The molecule has 2 aromatic rings. The third kappa shape index (κ3) is 2.49. The molecule has 0 N–H and O–H groups in total. The molecule has 87 valence electrons. The average molecular weight is 235 g/mol. The molecule has 0 aliphatic carbocycles. The highest BCUT2D eigenvalue weighted by molar-refractivity contribution is 5.63. The summed E-state index contributed by atoms with van der Waals surface area (Å²) in [7, 11) is 0. The van der Waals surface area contributed by atoms with Crippen molar-refractivity contribution in [2.45, 2.75) is 5.92 Å². The summed E-state index contributed by atoms with van der Waals surface area (Å²) in [6, 6.07) is 15.7. The summed E-state index contributed by atoms with van der Waals surface area (Å²) in [5.74, 6) is -3.40. The highest BCUT2D eigenvalue weighted by Crippen LogP contribution is 2.30. The fraction of sp³-hybridized carbons (Fsp3) is 0.143. The fourth-order valence-electron chi connectivity index (χ4n) is 1.56. The van der Waals surface area contributed by atoms with Crippen LogP contribution in [-0.4, -0.2) is 6.67 Å². The Morgan fingerprint density at radius 1 is 1.00 bits per heavy atom. The molecule has 1 radical (unpaired) electrons. The van der Waals surface area contributed by atoms with E-state index in [0.29, 0.717) is 0 Å². The van der Waals surface area contributed by atoms with Gasteiger partial charge < -0.3 is 0 Å². The van der Waals surface area contributed by atoms with Crippen LogP contribution in [0, 0.1) is 6.07 Å². The highest BCUT2D eigenvalue weighted by Gasteiger charge is 2.31. The van der Waals surface area contributed by atoms with E-state index in [0.717, 1.165) is 11.1 Å². The first kappa shape index (κ1) is 11.7. The van der Waals surface area contributed by atoms with E-state index in [1.165, 1.54) is 12.1 Å². The van der Waals surface area contributed by atoms with Crippen LogP contribution in [0.2, 0.25) is 0 Å². The molecule has 17 heavy (non-hydrogen) atoms. The SMILES string of the molecule is FCC(F)(F)c1ccc(-c2c[c]ccc2)cc1. The zero-order chi connectivity index (χ0) is 12.3. The first-order valence-electron chi connectivity index (χ1n) is 5.14. The van der Waals surface area contributed by atoms with Gasteiger partial charge in [-0.1, -0.05) is 42.5 Å². The molecule has 0 bridgehead atoms. The van der Waals surface area contributed by atoms with Crippen molar-refractivity contribution in [1.82, 2.24) is 0 Å². The van der Waals surface area contributed by atoms with Gasteiger partial charge in [-0.15, -0.1) is 0 Å². The quantitative estimate of drug-likeness (QED) is 0.747. The lowest BCUT2D eigenvalue weighted by atomic mass is 10.0. The number of hydrogen-bond acceptors (Lipinski definition) is 0. The Kier molecular flexibility index (Phi) is 3.18. The van der Waals surface area contributed by atoms with Gasteiger partial charge in [-0.25, -0.2) is 4.39 Å². The molecule has 0 heterocycles. The van der Waals surface area contributed by atoms with Crippen molar-refractivity contribution < 1.29 is 13.2 Å². The molecule has 0 saturated heterocycles. The summed E-state index contributed by atoms with van der Waals surface area (Å²) in [6.45, 7) is -1.68. The molecule has 0 aromatic heterocycles. The summed E-state index contributed by atoms with van der Waals surface area (Å²) in [5, 5.41) is 0. The van der Waals surface area contributed by atoms with Gasteiger partial charge in [-0.05, 0) is 23.3 Å². The van der Waals surface area contributed by atoms with E-state index in [-0.39, 0.29) is 5.56 Å². The third-order valence-electron chi connectivity index (χ3n) is 2.52. The molecule has 0 nitrogen and oxygen atoms in total. The molecular formula is C14H10F3. The van der Waals surface area contributed by atoms with Gasteiger partial charge in [0.15, 0.2) is 6.67 Å². The lowest BCUT2D eigenvalue weighted by Crippen LogP contribution is -2.15. The van der Waals surface area contributed by atoms with Crippen molar-refractivity contribution in [3.05, 3.63) is 60.2 Å². The Hall–Kier alpha value is -1.77. The summed E-state index contributed by atoms with van der Waals surface area (Å²) >= 11 is 0. The van der Waals surface area contributed by atoms with Crippen molar-refractivity contribution in [2.75, 3.05) is 6.67 Å². The molecule has 2 aromatic carbocycles. The molecular weight excluding hydrogens is 225 g/mol. The Balaban J connectivity index is 2.31. The van der Waals surface area contributed by atoms with Crippen LogP contribution in [-0.2, 0) is 5.92 Å². The molecule has 0 amide bonds. The molecule has 0 aliphatic rings. The van der Waals surface area contributed by atoms with Gasteiger partial charge in [0.1, 0.15) is 0 Å². The van der Waals surface area contributed by atoms with E-state index in [1.807, 2.05) is 12.1 Å². The molecule has 0 fully saturated rings. The van der Waals surface area contributed by atoms with Crippen LogP contribution in [0.15, 0.2) is 48.5 Å². The zero-order valence-corrected chi connectivity index (χ0v) is 8.96. The summed E-state index contributed by atoms with van der Waals surface area (Å²) in [5.41, 5.74) is 1.39. The standard InChI is InChI=1S/C14H10F3/c15-10-14(16,17)13-8-6-12(7-9-13)11-4-2-1-3-5-11/h1-2,4-9H,10H2. The van der Waals surface area contributed by atoms with Crippen molar-refractivity contribution in [3.63, 3.8) is 0 Å². The number of alkyl halides is 3. The van der Waals surface area contributed by atoms with Crippen LogP contribution >= 0.6 is 0 Å². The minimum absolute atomic E-state index is 0.302. The zero-order valence-electron chi connectivity index (χ0n) is 8.96. The predicted molar refractivity (Wildman–Crippen MR) is 60.6 cm³/mol. The molecule has 0 aliphatic heterocycles. The number of halogens is 3. The monoisotopic (exact) mass is 235 g/mol. The number of hydrogen-bond donors (Lipinski definition) is 0. The molecule has 0 atom stereocenters. The van der Waals surface area contributed by atoms with Gasteiger partial charge >= 0.3 is 5.92 Å². The van der Waals surface area contributed by atoms with Crippen LogP contribution in [0.25, 0.3) is 11.1 Å². The maximum Gasteiger partial charge on any atom is 0.301 e. The topological polar surface area (TPSA) is 0 Å². The minimum atomic E-state index is -3.40. The Bertz CT molecular complexity index is 475. The maximum absolute atomic E-state index is 13.0. The smallest absolute Gasteiger partial charge is 0.244 e. The largest absolute Gasteiger partial charge is 0.301 e. The Labute approximate surface area is 97.7 Å². The van der Waals surface area contributed by atoms with Gasteiger partial charge in [0.05, 0.1) is 0 Å². The second-order valence-electron chi connectivity index (χ2n) is 3.71. The molecule has 3 heteroatoms.